The molecule has 3 aromatic rings. The minimum absolute atomic E-state index is 0. The minimum atomic E-state index is -4.76. The molecule has 147 valence electrons. The van der Waals surface area contributed by atoms with Crippen molar-refractivity contribution < 1.29 is 22.6 Å². The van der Waals surface area contributed by atoms with Crippen LogP contribution in [-0.2, 0) is 10.1 Å². The van der Waals surface area contributed by atoms with Crippen LogP contribution in [0.15, 0.2) is 59.5 Å². The zero-order valence-corrected chi connectivity index (χ0v) is 18.7. The van der Waals surface area contributed by atoms with Gasteiger partial charge in [0.1, 0.15) is 4.90 Å². The van der Waals surface area contributed by atoms with Gasteiger partial charge in [-0.3, -0.25) is 14.1 Å². The van der Waals surface area contributed by atoms with E-state index in [-0.39, 0.29) is 57.5 Å². The molecule has 0 heterocycles. The van der Waals surface area contributed by atoms with Gasteiger partial charge in [-0.1, -0.05) is 30.3 Å². The Hall–Kier alpha value is -2.69. The second-order valence-electron chi connectivity index (χ2n) is 6.52. The number of hydrogen-bond donors (Lipinski definition) is 4. The third-order valence-electron chi connectivity index (χ3n) is 4.64. The standard InChI is InChI=1S/C20H15N3O5S.Na/c21-10-4-3-5-11(8-10)23-14-9-15(29(26,27)28)18(22)17-16(14)19(24)12-6-1-2-7-13(12)20(17)25;/h1-9,23H,21-22H2,(H,26,27,28);. The molecule has 1 radical (unpaired) electrons. The predicted molar refractivity (Wildman–Crippen MR) is 114 cm³/mol. The number of ketones is 2. The van der Waals surface area contributed by atoms with Gasteiger partial charge in [-0.05, 0) is 24.3 Å². The van der Waals surface area contributed by atoms with Crippen LogP contribution >= 0.6 is 0 Å². The molecule has 0 unspecified atom stereocenters. The SMILES string of the molecule is Nc1cccc(Nc2cc(S(=O)(=O)O)c(N)c3c2C(=O)c2ccccc2C3=O)c1.[Na]. The molecule has 3 aromatic carbocycles. The van der Waals surface area contributed by atoms with Crippen molar-refractivity contribution in [2.24, 2.45) is 0 Å². The summed E-state index contributed by atoms with van der Waals surface area (Å²) < 4.78 is 33.3. The van der Waals surface area contributed by atoms with E-state index in [1.54, 1.807) is 36.4 Å². The number of hydrogen-bond acceptors (Lipinski definition) is 7. The van der Waals surface area contributed by atoms with E-state index in [1.165, 1.54) is 12.1 Å². The average Bonchev–Trinajstić information content (AvgIpc) is 2.66. The number of benzene rings is 3. The van der Waals surface area contributed by atoms with Crippen LogP contribution in [0.5, 0.6) is 0 Å². The van der Waals surface area contributed by atoms with Gasteiger partial charge < -0.3 is 16.8 Å². The summed E-state index contributed by atoms with van der Waals surface area (Å²) in [5.41, 5.74) is 12.1. The maximum atomic E-state index is 13.2. The Morgan fingerprint density at radius 3 is 2.00 bits per heavy atom. The van der Waals surface area contributed by atoms with Gasteiger partial charge in [-0.15, -0.1) is 0 Å². The topological polar surface area (TPSA) is 153 Å². The number of rotatable bonds is 3. The zero-order chi connectivity index (χ0) is 20.9. The summed E-state index contributed by atoms with van der Waals surface area (Å²) in [5, 5.41) is 2.91. The number of nitrogen functional groups attached to an aromatic ring is 2. The van der Waals surface area contributed by atoms with Crippen molar-refractivity contribution in [3.8, 4) is 0 Å². The fraction of sp³-hybridized carbons (Fsp3) is 0. The third-order valence-corrected chi connectivity index (χ3v) is 5.54. The van der Waals surface area contributed by atoms with Gasteiger partial charge in [0.25, 0.3) is 10.1 Å². The van der Waals surface area contributed by atoms with Crippen LogP contribution in [0.4, 0.5) is 22.7 Å². The summed E-state index contributed by atoms with van der Waals surface area (Å²) in [6.45, 7) is 0. The molecule has 0 aliphatic heterocycles. The number of fused-ring (bicyclic) bond motifs is 2. The van der Waals surface area contributed by atoms with Gasteiger partial charge in [-0.2, -0.15) is 8.42 Å². The van der Waals surface area contributed by atoms with E-state index < -0.39 is 32.3 Å². The molecular formula is C20H15N3NaO5S. The Morgan fingerprint density at radius 1 is 0.833 bits per heavy atom. The van der Waals surface area contributed by atoms with Crippen molar-refractivity contribution >= 4 is 74.0 Å². The Kier molecular flexibility index (Phi) is 5.76. The molecule has 0 aromatic heterocycles. The van der Waals surface area contributed by atoms with Crippen LogP contribution in [0.3, 0.4) is 0 Å². The first-order valence-electron chi connectivity index (χ1n) is 8.43. The molecule has 0 spiro atoms. The van der Waals surface area contributed by atoms with Gasteiger partial charge in [0.15, 0.2) is 11.6 Å². The average molecular weight is 432 g/mol. The fourth-order valence-corrected chi connectivity index (χ4v) is 4.02. The first kappa shape index (κ1) is 22.0. The largest absolute Gasteiger partial charge is 0.399 e. The van der Waals surface area contributed by atoms with Crippen LogP contribution in [0.1, 0.15) is 31.8 Å². The summed E-state index contributed by atoms with van der Waals surface area (Å²) >= 11 is 0. The number of nitrogens with one attached hydrogen (secondary N) is 1. The summed E-state index contributed by atoms with van der Waals surface area (Å²) in [6.07, 6.45) is 0. The van der Waals surface area contributed by atoms with E-state index in [0.29, 0.717) is 11.4 Å². The monoisotopic (exact) mass is 432 g/mol. The summed E-state index contributed by atoms with van der Waals surface area (Å²) in [4.78, 5) is 25.6. The smallest absolute Gasteiger partial charge is 0.296 e. The number of anilines is 4. The molecule has 0 amide bonds. The van der Waals surface area contributed by atoms with Gasteiger partial charge in [0.2, 0.25) is 0 Å². The van der Waals surface area contributed by atoms with Crippen LogP contribution in [-0.4, -0.2) is 54.1 Å². The first-order chi connectivity index (χ1) is 13.7. The molecule has 8 nitrogen and oxygen atoms in total. The molecule has 0 atom stereocenters. The molecular weight excluding hydrogens is 417 g/mol. The van der Waals surface area contributed by atoms with Crippen LogP contribution in [0, 0.1) is 0 Å². The van der Waals surface area contributed by atoms with Gasteiger partial charge in [0.05, 0.1) is 22.5 Å². The molecule has 4 rings (SSSR count). The molecule has 1 aliphatic rings. The Labute approximate surface area is 194 Å². The van der Waals surface area contributed by atoms with Crippen molar-refractivity contribution in [3.63, 3.8) is 0 Å². The molecule has 0 saturated heterocycles. The molecule has 30 heavy (non-hydrogen) atoms. The Balaban J connectivity index is 0.00000256. The van der Waals surface area contributed by atoms with Gasteiger partial charge in [0, 0.05) is 52.1 Å². The predicted octanol–water partition coefficient (Wildman–Crippen LogP) is 2.24. The Morgan fingerprint density at radius 2 is 1.43 bits per heavy atom. The number of nitrogens with two attached hydrogens (primary N) is 2. The van der Waals surface area contributed by atoms with Crippen LogP contribution in [0.25, 0.3) is 0 Å². The summed E-state index contributed by atoms with van der Waals surface area (Å²) in [5.74, 6) is -1.09. The quantitative estimate of drug-likeness (QED) is 0.218. The van der Waals surface area contributed by atoms with Gasteiger partial charge >= 0.3 is 0 Å². The minimum Gasteiger partial charge on any atom is -0.399 e. The van der Waals surface area contributed by atoms with Gasteiger partial charge in [-0.25, -0.2) is 0 Å². The maximum Gasteiger partial charge on any atom is 0.296 e. The molecule has 1 aliphatic carbocycles. The first-order valence-corrected chi connectivity index (χ1v) is 9.87. The van der Waals surface area contributed by atoms with Crippen molar-refractivity contribution in [1.29, 1.82) is 0 Å². The maximum absolute atomic E-state index is 13.2. The molecule has 0 fully saturated rings. The molecule has 0 saturated carbocycles. The van der Waals surface area contributed by atoms with Crippen molar-refractivity contribution in [2.45, 2.75) is 4.90 Å². The van der Waals surface area contributed by atoms with E-state index in [9.17, 15) is 22.6 Å². The fourth-order valence-electron chi connectivity index (χ4n) is 3.38. The van der Waals surface area contributed by atoms with E-state index in [2.05, 4.69) is 5.32 Å². The number of carbonyl (C=O) groups is 2. The normalized spacial score (nSPS) is 12.6. The van der Waals surface area contributed by atoms with E-state index in [4.69, 9.17) is 11.5 Å². The second kappa shape index (κ2) is 7.86. The van der Waals surface area contributed by atoms with Crippen molar-refractivity contribution in [2.75, 3.05) is 16.8 Å². The number of carbonyl (C=O) groups excluding carboxylic acids is 2. The summed E-state index contributed by atoms with van der Waals surface area (Å²) in [7, 11) is -4.76. The zero-order valence-electron chi connectivity index (χ0n) is 15.8. The third kappa shape index (κ3) is 3.62. The van der Waals surface area contributed by atoms with E-state index in [0.717, 1.165) is 6.07 Å². The van der Waals surface area contributed by atoms with Crippen molar-refractivity contribution in [1.82, 2.24) is 0 Å². The Bertz CT molecular complexity index is 1320. The molecule has 6 N–H and O–H groups in total. The van der Waals surface area contributed by atoms with E-state index in [1.807, 2.05) is 0 Å². The summed E-state index contributed by atoms with van der Waals surface area (Å²) in [6, 6.07) is 13.7. The van der Waals surface area contributed by atoms with Crippen LogP contribution in [0.2, 0.25) is 0 Å². The second-order valence-corrected chi connectivity index (χ2v) is 7.91. The molecule has 0 bridgehead atoms. The van der Waals surface area contributed by atoms with Crippen LogP contribution < -0.4 is 16.8 Å². The molecule has 10 heteroatoms. The van der Waals surface area contributed by atoms with Crippen molar-refractivity contribution in [3.05, 3.63) is 76.9 Å². The van der Waals surface area contributed by atoms with E-state index >= 15 is 0 Å².